The number of rotatable bonds is 5. The number of methoxy groups -OCH3 is 1. The number of aliphatic hydroxyl groups is 2. The van der Waals surface area contributed by atoms with Gasteiger partial charge in [0.15, 0.2) is 0 Å². The van der Waals surface area contributed by atoms with Crippen molar-refractivity contribution in [1.29, 1.82) is 0 Å². The zero-order valence-corrected chi connectivity index (χ0v) is 15.4. The molecule has 0 amide bonds. The molecule has 2 N–H and O–H groups in total. The molecule has 27 heavy (non-hydrogen) atoms. The van der Waals surface area contributed by atoms with Gasteiger partial charge in [-0.3, -0.25) is 0 Å². The molecule has 0 radical (unpaired) electrons. The molecule has 4 rings (SSSR count). The first kappa shape index (κ1) is 18.7. The minimum Gasteiger partial charge on any atom is -0.497 e. The smallest absolute Gasteiger partial charge is 0.225 e. The third-order valence-electron chi connectivity index (χ3n) is 5.11. The van der Waals surface area contributed by atoms with E-state index in [4.69, 9.17) is 25.8 Å². The highest BCUT2D eigenvalue weighted by molar-refractivity contribution is 6.31. The molecule has 0 spiro atoms. The van der Waals surface area contributed by atoms with E-state index in [1.807, 2.05) is 0 Å². The van der Waals surface area contributed by atoms with E-state index in [0.717, 1.165) is 0 Å². The topological polar surface area (TPSA) is 71.5 Å². The normalized spacial score (nSPS) is 29.3. The van der Waals surface area contributed by atoms with E-state index in [0.29, 0.717) is 33.9 Å². The van der Waals surface area contributed by atoms with Crippen molar-refractivity contribution in [2.75, 3.05) is 13.7 Å². The molecule has 0 aromatic heterocycles. The van der Waals surface area contributed by atoms with Gasteiger partial charge in [0.2, 0.25) is 5.79 Å². The summed E-state index contributed by atoms with van der Waals surface area (Å²) in [4.78, 5) is 0. The predicted molar refractivity (Wildman–Crippen MR) is 96.3 cm³/mol. The van der Waals surface area contributed by atoms with Crippen molar-refractivity contribution in [3.8, 4) is 5.75 Å². The van der Waals surface area contributed by atoms with Crippen LogP contribution in [0.4, 0.5) is 4.39 Å². The van der Waals surface area contributed by atoms with Gasteiger partial charge in [-0.2, -0.15) is 0 Å². The van der Waals surface area contributed by atoms with Crippen LogP contribution in [0.5, 0.6) is 5.75 Å². The van der Waals surface area contributed by atoms with Gasteiger partial charge in [0, 0.05) is 29.5 Å². The van der Waals surface area contributed by atoms with Crippen LogP contribution in [0.15, 0.2) is 36.4 Å². The summed E-state index contributed by atoms with van der Waals surface area (Å²) in [5, 5.41) is 20.1. The molecule has 0 saturated carbocycles. The van der Waals surface area contributed by atoms with Gasteiger partial charge in [0.05, 0.1) is 25.9 Å². The third-order valence-corrected chi connectivity index (χ3v) is 5.48. The molecule has 2 aliphatic heterocycles. The molecule has 2 aliphatic rings. The maximum atomic E-state index is 14.3. The highest BCUT2D eigenvalue weighted by Gasteiger charge is 2.66. The molecule has 2 fully saturated rings. The summed E-state index contributed by atoms with van der Waals surface area (Å²) in [6.07, 6.45) is -1.09. The van der Waals surface area contributed by atoms with Crippen LogP contribution in [0.2, 0.25) is 5.02 Å². The molecular weight excluding hydrogens is 375 g/mol. The highest BCUT2D eigenvalue weighted by Crippen LogP contribution is 2.54. The average Bonchev–Trinajstić information content (AvgIpc) is 3.41. The van der Waals surface area contributed by atoms with E-state index in [1.54, 1.807) is 30.3 Å². The lowest BCUT2D eigenvalue weighted by molar-refractivity contribution is -0.136. The van der Waals surface area contributed by atoms with Crippen molar-refractivity contribution >= 4 is 11.6 Å². The first-order valence-electron chi connectivity index (χ1n) is 8.72. The van der Waals surface area contributed by atoms with E-state index < -0.39 is 24.1 Å². The predicted octanol–water partition coefficient (Wildman–Crippen LogP) is 2.77. The second kappa shape index (κ2) is 7.04. The van der Waals surface area contributed by atoms with E-state index in [9.17, 15) is 14.6 Å². The minimum atomic E-state index is -1.08. The molecule has 2 saturated heterocycles. The van der Waals surface area contributed by atoms with Gasteiger partial charge in [0.1, 0.15) is 17.7 Å². The summed E-state index contributed by atoms with van der Waals surface area (Å²) in [7, 11) is 1.48. The Balaban J connectivity index is 1.63. The molecule has 0 aliphatic carbocycles. The largest absolute Gasteiger partial charge is 0.497 e. The Labute approximate surface area is 161 Å². The maximum absolute atomic E-state index is 14.3. The Bertz CT molecular complexity index is 860. The Kier molecular flexibility index (Phi) is 4.86. The Morgan fingerprint density at radius 3 is 2.74 bits per heavy atom. The molecule has 4 unspecified atom stereocenters. The fourth-order valence-electron chi connectivity index (χ4n) is 3.61. The summed E-state index contributed by atoms with van der Waals surface area (Å²) in [6.45, 7) is -0.202. The Morgan fingerprint density at radius 2 is 2.04 bits per heavy atom. The molecule has 7 heteroatoms. The number of fused-ring (bicyclic) bond motifs is 1. The molecular formula is C20H20ClFO5. The van der Waals surface area contributed by atoms with Crippen molar-refractivity contribution in [3.05, 3.63) is 63.9 Å². The van der Waals surface area contributed by atoms with E-state index in [2.05, 4.69) is 0 Å². The van der Waals surface area contributed by atoms with Gasteiger partial charge in [-0.1, -0.05) is 23.7 Å². The molecule has 5 nitrogen and oxygen atoms in total. The summed E-state index contributed by atoms with van der Waals surface area (Å²) < 4.78 is 30.9. The quantitative estimate of drug-likeness (QED) is 0.763. The van der Waals surface area contributed by atoms with Gasteiger partial charge in [0.25, 0.3) is 0 Å². The zero-order chi connectivity index (χ0) is 19.2. The molecule has 2 aromatic carbocycles. The lowest BCUT2D eigenvalue weighted by Gasteiger charge is -2.28. The summed E-state index contributed by atoms with van der Waals surface area (Å²) in [5.74, 6) is -1.01. The minimum absolute atomic E-state index is 0.202. The number of ether oxygens (including phenoxy) is 3. The average molecular weight is 395 g/mol. The lowest BCUT2D eigenvalue weighted by atomic mass is 9.94. The fraction of sp³-hybridized carbons (Fsp3) is 0.400. The third kappa shape index (κ3) is 3.32. The Morgan fingerprint density at radius 1 is 1.22 bits per heavy atom. The van der Waals surface area contributed by atoms with Crippen LogP contribution in [-0.4, -0.2) is 42.2 Å². The van der Waals surface area contributed by atoms with Gasteiger partial charge in [-0.05, 0) is 29.3 Å². The number of hydrogen-bond donors (Lipinski definition) is 2. The summed E-state index contributed by atoms with van der Waals surface area (Å²) in [6, 6.07) is 9.97. The van der Waals surface area contributed by atoms with Crippen LogP contribution in [0.25, 0.3) is 0 Å². The summed E-state index contributed by atoms with van der Waals surface area (Å²) >= 11 is 6.32. The first-order chi connectivity index (χ1) is 13.0. The van der Waals surface area contributed by atoms with Gasteiger partial charge in [-0.15, -0.1) is 0 Å². The standard InChI is InChI=1S/C20H20ClFO5/c1-25-14-4-2-11(17(22)8-14)6-12-7-13(3-5-16(12)21)20-19(27-20)18(24)9-15(10-23)26-20/h2-5,7-8,15,18-19,23-24H,6,9-10H2,1H3. The number of epoxide rings is 1. The van der Waals surface area contributed by atoms with Crippen molar-refractivity contribution in [3.63, 3.8) is 0 Å². The van der Waals surface area contributed by atoms with E-state index >= 15 is 0 Å². The van der Waals surface area contributed by atoms with Crippen molar-refractivity contribution in [2.24, 2.45) is 0 Å². The summed E-state index contributed by atoms with van der Waals surface area (Å²) in [5.41, 5.74) is 1.89. The second-order valence-electron chi connectivity index (χ2n) is 6.87. The van der Waals surface area contributed by atoms with Crippen LogP contribution in [0.1, 0.15) is 23.1 Å². The van der Waals surface area contributed by atoms with Gasteiger partial charge in [-0.25, -0.2) is 4.39 Å². The molecule has 0 bridgehead atoms. The fourth-order valence-corrected chi connectivity index (χ4v) is 3.80. The SMILES string of the molecule is COc1ccc(Cc2cc(C34OC(CO)CC(O)C3O4)ccc2Cl)c(F)c1. The highest BCUT2D eigenvalue weighted by atomic mass is 35.5. The monoisotopic (exact) mass is 394 g/mol. The van der Waals surface area contributed by atoms with Crippen molar-refractivity contribution < 1.29 is 28.8 Å². The number of benzene rings is 2. The van der Waals surface area contributed by atoms with Crippen LogP contribution in [-0.2, 0) is 21.7 Å². The van der Waals surface area contributed by atoms with E-state index in [-0.39, 0.29) is 18.8 Å². The Hall–Kier alpha value is -1.70. The maximum Gasteiger partial charge on any atom is 0.225 e. The lowest BCUT2D eigenvalue weighted by Crippen LogP contribution is -2.40. The number of halogens is 2. The van der Waals surface area contributed by atoms with Crippen LogP contribution in [0, 0.1) is 5.82 Å². The van der Waals surface area contributed by atoms with Gasteiger partial charge < -0.3 is 24.4 Å². The molecule has 2 heterocycles. The molecule has 2 aromatic rings. The van der Waals surface area contributed by atoms with Crippen LogP contribution in [0.3, 0.4) is 0 Å². The zero-order valence-electron chi connectivity index (χ0n) is 14.7. The van der Waals surface area contributed by atoms with Gasteiger partial charge >= 0.3 is 0 Å². The van der Waals surface area contributed by atoms with E-state index in [1.165, 1.54) is 13.2 Å². The van der Waals surface area contributed by atoms with Crippen molar-refractivity contribution in [1.82, 2.24) is 0 Å². The van der Waals surface area contributed by atoms with Crippen LogP contribution < -0.4 is 4.74 Å². The first-order valence-corrected chi connectivity index (χ1v) is 9.10. The molecule has 144 valence electrons. The van der Waals surface area contributed by atoms with Crippen LogP contribution >= 0.6 is 11.6 Å². The number of aliphatic hydroxyl groups excluding tert-OH is 2. The second-order valence-corrected chi connectivity index (χ2v) is 7.28. The number of hydrogen-bond acceptors (Lipinski definition) is 5. The van der Waals surface area contributed by atoms with Crippen molar-refractivity contribution in [2.45, 2.75) is 36.9 Å². The molecule has 4 atom stereocenters.